The van der Waals surface area contributed by atoms with E-state index in [1.165, 1.54) is 6.21 Å². The lowest BCUT2D eigenvalue weighted by Crippen LogP contribution is -2.32. The third kappa shape index (κ3) is 3.61. The van der Waals surface area contributed by atoms with Gasteiger partial charge in [-0.2, -0.15) is 5.10 Å². The van der Waals surface area contributed by atoms with Crippen molar-refractivity contribution in [3.05, 3.63) is 65.3 Å². The van der Waals surface area contributed by atoms with Gasteiger partial charge in [-0.05, 0) is 24.3 Å². The molecule has 24 heavy (non-hydrogen) atoms. The fraction of sp³-hybridized carbons (Fsp3) is 0. The minimum absolute atomic E-state index is 0.434. The fourth-order valence-electron chi connectivity index (χ4n) is 2.17. The van der Waals surface area contributed by atoms with Crippen molar-refractivity contribution in [1.82, 2.24) is 10.4 Å². The molecular weight excluding hydrogens is 328 g/mol. The molecule has 3 aromatic rings. The maximum Gasteiger partial charge on any atom is 0.329 e. The number of aromatic amines is 1. The minimum Gasteiger partial charge on any atom is -0.361 e. The lowest BCUT2D eigenvalue weighted by molar-refractivity contribution is -0.136. The van der Waals surface area contributed by atoms with Gasteiger partial charge in [-0.15, -0.1) is 0 Å². The zero-order chi connectivity index (χ0) is 16.9. The second kappa shape index (κ2) is 6.97. The average molecular weight is 341 g/mol. The molecule has 0 saturated carbocycles. The van der Waals surface area contributed by atoms with E-state index in [9.17, 15) is 9.59 Å². The van der Waals surface area contributed by atoms with Crippen LogP contribution in [0.5, 0.6) is 0 Å². The number of amides is 2. The molecule has 3 rings (SSSR count). The molecule has 0 unspecified atom stereocenters. The largest absolute Gasteiger partial charge is 0.361 e. The Balaban J connectivity index is 1.61. The summed E-state index contributed by atoms with van der Waals surface area (Å²) in [6, 6.07) is 14.2. The van der Waals surface area contributed by atoms with Crippen molar-refractivity contribution < 1.29 is 9.59 Å². The fourth-order valence-corrected chi connectivity index (χ4v) is 2.36. The van der Waals surface area contributed by atoms with Crippen LogP contribution < -0.4 is 10.7 Å². The molecule has 120 valence electrons. The first-order valence-corrected chi connectivity index (χ1v) is 7.47. The number of carbonyl (C=O) groups is 2. The van der Waals surface area contributed by atoms with E-state index in [0.717, 1.165) is 16.5 Å². The predicted octanol–water partition coefficient (Wildman–Crippen LogP) is 2.91. The van der Waals surface area contributed by atoms with Crippen molar-refractivity contribution in [2.45, 2.75) is 0 Å². The van der Waals surface area contributed by atoms with Crippen LogP contribution in [0.3, 0.4) is 0 Å². The number of hydrogen-bond donors (Lipinski definition) is 3. The van der Waals surface area contributed by atoms with E-state index in [2.05, 4.69) is 20.8 Å². The van der Waals surface area contributed by atoms with E-state index in [4.69, 9.17) is 11.6 Å². The third-order valence-corrected chi connectivity index (χ3v) is 3.51. The maximum absolute atomic E-state index is 11.8. The molecule has 0 fully saturated rings. The first-order valence-electron chi connectivity index (χ1n) is 7.09. The van der Waals surface area contributed by atoms with Gasteiger partial charge in [0.05, 0.1) is 6.21 Å². The number of anilines is 1. The summed E-state index contributed by atoms with van der Waals surface area (Å²) in [5, 5.41) is 7.69. The smallest absolute Gasteiger partial charge is 0.329 e. The number of rotatable bonds is 3. The Morgan fingerprint density at radius 3 is 2.75 bits per heavy atom. The minimum atomic E-state index is -0.869. The summed E-state index contributed by atoms with van der Waals surface area (Å²) in [5.74, 6) is -1.69. The van der Waals surface area contributed by atoms with Crippen LogP contribution in [0.25, 0.3) is 10.9 Å². The number of halogens is 1. The summed E-state index contributed by atoms with van der Waals surface area (Å²) < 4.78 is 0. The molecular formula is C17H13ClN4O2. The second-order valence-electron chi connectivity index (χ2n) is 4.95. The highest BCUT2D eigenvalue weighted by atomic mass is 35.5. The van der Waals surface area contributed by atoms with Crippen LogP contribution in [0.15, 0.2) is 59.8 Å². The average Bonchev–Trinajstić information content (AvgIpc) is 2.98. The molecule has 3 N–H and O–H groups in total. The summed E-state index contributed by atoms with van der Waals surface area (Å²) >= 11 is 5.82. The Morgan fingerprint density at radius 1 is 1.08 bits per heavy atom. The molecule has 0 aliphatic heterocycles. The number of nitrogens with one attached hydrogen (secondary N) is 3. The van der Waals surface area contributed by atoms with Gasteiger partial charge in [-0.3, -0.25) is 9.59 Å². The summed E-state index contributed by atoms with van der Waals surface area (Å²) in [6.45, 7) is 0. The van der Waals surface area contributed by atoms with E-state index in [1.807, 2.05) is 24.3 Å². The molecule has 6 nitrogen and oxygen atoms in total. The molecule has 2 aromatic carbocycles. The van der Waals surface area contributed by atoms with Crippen LogP contribution in [0.1, 0.15) is 5.56 Å². The van der Waals surface area contributed by atoms with Crippen LogP contribution >= 0.6 is 11.6 Å². The van der Waals surface area contributed by atoms with Gasteiger partial charge in [0, 0.05) is 33.4 Å². The Hall–Kier alpha value is -3.12. The summed E-state index contributed by atoms with van der Waals surface area (Å²) in [7, 11) is 0. The van der Waals surface area contributed by atoms with E-state index in [-0.39, 0.29) is 0 Å². The molecule has 2 amide bonds. The highest BCUT2D eigenvalue weighted by Crippen LogP contribution is 2.16. The number of aromatic nitrogens is 1. The molecule has 0 atom stereocenters. The highest BCUT2D eigenvalue weighted by molar-refractivity contribution is 6.39. The lowest BCUT2D eigenvalue weighted by Gasteiger charge is -2.03. The molecule has 7 heteroatoms. The SMILES string of the molecule is O=C(N/N=C/c1c[nH]c2ccccc12)C(=O)Nc1cccc(Cl)c1. The molecule has 0 radical (unpaired) electrons. The summed E-state index contributed by atoms with van der Waals surface area (Å²) in [5.41, 5.74) is 4.39. The third-order valence-electron chi connectivity index (χ3n) is 3.28. The molecule has 0 spiro atoms. The standard InChI is InChI=1S/C17H13ClN4O2/c18-12-4-3-5-13(8-12)21-16(23)17(24)22-20-10-11-9-19-15-7-2-1-6-14(11)15/h1-10,19H,(H,21,23)(H,22,24)/b20-10+. The zero-order valence-corrected chi connectivity index (χ0v) is 13.2. The van der Waals surface area contributed by atoms with Gasteiger partial charge in [-0.25, -0.2) is 5.43 Å². The summed E-state index contributed by atoms with van der Waals surface area (Å²) in [6.07, 6.45) is 3.25. The normalized spacial score (nSPS) is 10.9. The molecule has 0 aliphatic carbocycles. The van der Waals surface area contributed by atoms with Gasteiger partial charge in [0.25, 0.3) is 0 Å². The van der Waals surface area contributed by atoms with Crippen molar-refractivity contribution >= 4 is 46.2 Å². The molecule has 0 bridgehead atoms. The number of para-hydroxylation sites is 1. The highest BCUT2D eigenvalue weighted by Gasteiger charge is 2.13. The number of hydrazone groups is 1. The van der Waals surface area contributed by atoms with Crippen LogP contribution in [0.4, 0.5) is 5.69 Å². The Bertz CT molecular complexity index is 933. The quantitative estimate of drug-likeness (QED) is 0.389. The lowest BCUT2D eigenvalue weighted by atomic mass is 10.2. The van der Waals surface area contributed by atoms with Crippen molar-refractivity contribution in [3.8, 4) is 0 Å². The van der Waals surface area contributed by atoms with Crippen molar-refractivity contribution in [3.63, 3.8) is 0 Å². The van der Waals surface area contributed by atoms with E-state index in [0.29, 0.717) is 10.7 Å². The Morgan fingerprint density at radius 2 is 1.92 bits per heavy atom. The Kier molecular flexibility index (Phi) is 4.58. The van der Waals surface area contributed by atoms with Crippen LogP contribution in [-0.4, -0.2) is 23.0 Å². The molecule has 1 heterocycles. The van der Waals surface area contributed by atoms with Crippen molar-refractivity contribution in [2.24, 2.45) is 5.10 Å². The van der Waals surface area contributed by atoms with Crippen molar-refractivity contribution in [1.29, 1.82) is 0 Å². The summed E-state index contributed by atoms with van der Waals surface area (Å²) in [4.78, 5) is 26.6. The first kappa shape index (κ1) is 15.8. The monoisotopic (exact) mass is 340 g/mol. The van der Waals surface area contributed by atoms with Crippen molar-refractivity contribution in [2.75, 3.05) is 5.32 Å². The number of H-pyrrole nitrogens is 1. The first-order chi connectivity index (χ1) is 11.6. The maximum atomic E-state index is 11.8. The van der Waals surface area contributed by atoms with Gasteiger partial charge in [-0.1, -0.05) is 35.9 Å². The van der Waals surface area contributed by atoms with E-state index >= 15 is 0 Å². The van der Waals surface area contributed by atoms with Gasteiger partial charge >= 0.3 is 11.8 Å². The van der Waals surface area contributed by atoms with Gasteiger partial charge in [0.1, 0.15) is 0 Å². The Labute approximate surface area is 142 Å². The van der Waals surface area contributed by atoms with Gasteiger partial charge in [0.15, 0.2) is 0 Å². The number of carbonyl (C=O) groups excluding carboxylic acids is 2. The molecule has 0 aliphatic rings. The van der Waals surface area contributed by atoms with E-state index < -0.39 is 11.8 Å². The van der Waals surface area contributed by atoms with Gasteiger partial charge in [0.2, 0.25) is 0 Å². The zero-order valence-electron chi connectivity index (χ0n) is 12.4. The number of benzene rings is 2. The number of fused-ring (bicyclic) bond motifs is 1. The molecule has 1 aromatic heterocycles. The predicted molar refractivity (Wildman–Crippen MR) is 94.1 cm³/mol. The van der Waals surface area contributed by atoms with Crippen LogP contribution in [-0.2, 0) is 9.59 Å². The van der Waals surface area contributed by atoms with E-state index in [1.54, 1.807) is 30.5 Å². The molecule has 0 saturated heterocycles. The van der Waals surface area contributed by atoms with Crippen LogP contribution in [0.2, 0.25) is 5.02 Å². The number of hydrogen-bond acceptors (Lipinski definition) is 3. The number of nitrogens with zero attached hydrogens (tertiary/aromatic N) is 1. The van der Waals surface area contributed by atoms with Gasteiger partial charge < -0.3 is 10.3 Å². The van der Waals surface area contributed by atoms with Crippen LogP contribution in [0, 0.1) is 0 Å². The topological polar surface area (TPSA) is 86.3 Å². The second-order valence-corrected chi connectivity index (χ2v) is 5.39.